The monoisotopic (exact) mass is 381 g/mol. The Morgan fingerprint density at radius 1 is 1.50 bits per heavy atom. The van der Waals surface area contributed by atoms with E-state index in [0.717, 1.165) is 19.3 Å². The van der Waals surface area contributed by atoms with Gasteiger partial charge in [0, 0.05) is 5.92 Å². The summed E-state index contributed by atoms with van der Waals surface area (Å²) in [5.74, 6) is -0.210. The Bertz CT molecular complexity index is 838. The molecule has 3 rings (SSSR count). The van der Waals surface area contributed by atoms with Crippen molar-refractivity contribution in [2.75, 3.05) is 12.3 Å². The third-order valence-electron chi connectivity index (χ3n) is 5.34. The van der Waals surface area contributed by atoms with E-state index in [1.165, 1.54) is 0 Å². The third kappa shape index (κ3) is 2.77. The molecule has 1 aliphatic rings. The number of ether oxygens (including phenoxy) is 1. The summed E-state index contributed by atoms with van der Waals surface area (Å²) in [6, 6.07) is 0. The van der Waals surface area contributed by atoms with Crippen LogP contribution in [0.3, 0.4) is 0 Å². The summed E-state index contributed by atoms with van der Waals surface area (Å²) >= 11 is 0. The maximum absolute atomic E-state index is 12.2. The van der Waals surface area contributed by atoms with Crippen LogP contribution in [-0.2, 0) is 10.1 Å². The molecule has 0 radical (unpaired) electrons. The number of unbranched alkanes of at least 4 members (excludes halogenated alkanes) is 1. The second-order valence-corrected chi connectivity index (χ2v) is 10.4. The number of rotatable bonds is 6. The van der Waals surface area contributed by atoms with Gasteiger partial charge in [-0.1, -0.05) is 32.9 Å². The van der Waals surface area contributed by atoms with Crippen molar-refractivity contribution in [3.8, 4) is 0 Å². The van der Waals surface area contributed by atoms with Gasteiger partial charge in [0.25, 0.3) is 5.56 Å². The number of hydrogen-bond donors (Lipinski definition) is 4. The van der Waals surface area contributed by atoms with Gasteiger partial charge in [0.15, 0.2) is 11.2 Å². The zero-order valence-electron chi connectivity index (χ0n) is 15.3. The Morgan fingerprint density at radius 2 is 2.23 bits per heavy atom. The zero-order valence-corrected chi connectivity index (χ0v) is 16.5. The summed E-state index contributed by atoms with van der Waals surface area (Å²) < 4.78 is 8.07. The van der Waals surface area contributed by atoms with Gasteiger partial charge in [0.05, 0.1) is 27.8 Å². The number of aromatic nitrogens is 4. The summed E-state index contributed by atoms with van der Waals surface area (Å²) in [4.78, 5) is 23.1. The quantitative estimate of drug-likeness (QED) is 0.514. The van der Waals surface area contributed by atoms with E-state index >= 15 is 0 Å². The molecule has 5 N–H and O–H groups in total. The smallest absolute Gasteiger partial charge is 0.280 e. The van der Waals surface area contributed by atoms with Crippen molar-refractivity contribution in [2.24, 2.45) is 5.92 Å². The average molecular weight is 382 g/mol. The minimum Gasteiger partial charge on any atom is -0.394 e. The van der Waals surface area contributed by atoms with Gasteiger partial charge in [0.2, 0.25) is 5.95 Å². The number of aliphatic hydroxyl groups excluding tert-OH is 2. The summed E-state index contributed by atoms with van der Waals surface area (Å²) in [5.41, 5.74) is 5.87. The molecular weight excluding hydrogens is 354 g/mol. The molecule has 0 amide bonds. The standard InChI is InChI=1S/C16H27N5O4Si/c1-4-5-6-9-12(23)10(7-22)25-16(9,26(2)3)21-8-18-11-13(21)19-15(17)20-14(11)24/h8-10,12,22-23,26H,4-7H2,1-3H3,(H3,17,19,20,24)/t9-,10-,12+,16+/m1/s1. The van der Waals surface area contributed by atoms with Crippen LogP contribution in [0.15, 0.2) is 11.1 Å². The molecule has 3 heterocycles. The van der Waals surface area contributed by atoms with Crippen molar-refractivity contribution in [1.29, 1.82) is 0 Å². The van der Waals surface area contributed by atoms with E-state index in [4.69, 9.17) is 10.5 Å². The Kier molecular flexibility index (Phi) is 5.20. The summed E-state index contributed by atoms with van der Waals surface area (Å²) in [7, 11) is -1.65. The maximum Gasteiger partial charge on any atom is 0.280 e. The average Bonchev–Trinajstić information content (AvgIpc) is 3.13. The van der Waals surface area contributed by atoms with Crippen LogP contribution in [0.4, 0.5) is 5.95 Å². The highest BCUT2D eigenvalue weighted by atomic mass is 28.3. The van der Waals surface area contributed by atoms with Crippen LogP contribution >= 0.6 is 0 Å². The minimum atomic E-state index is -1.65. The van der Waals surface area contributed by atoms with E-state index in [9.17, 15) is 15.0 Å². The molecule has 0 bridgehead atoms. The number of aromatic amines is 1. The van der Waals surface area contributed by atoms with Gasteiger partial charge in [-0.05, 0) is 6.42 Å². The Morgan fingerprint density at radius 3 is 2.85 bits per heavy atom. The number of nitrogens with two attached hydrogens (primary N) is 1. The van der Waals surface area contributed by atoms with E-state index in [0.29, 0.717) is 5.65 Å². The van der Waals surface area contributed by atoms with E-state index < -0.39 is 31.9 Å². The predicted molar refractivity (Wildman–Crippen MR) is 100 cm³/mol. The molecule has 0 aliphatic carbocycles. The summed E-state index contributed by atoms with van der Waals surface area (Å²) in [6.45, 7) is 6.06. The predicted octanol–water partition coefficient (Wildman–Crippen LogP) is -0.0611. The largest absolute Gasteiger partial charge is 0.394 e. The SMILES string of the molecule is CCCC[C@@H]1[C@H](O)[C@@H](CO)O[C@]1(n1cnc2c(=O)[nH]c(N)nc21)[SiH](C)C. The highest BCUT2D eigenvalue weighted by molar-refractivity contribution is 6.58. The number of hydrogen-bond acceptors (Lipinski definition) is 7. The van der Waals surface area contributed by atoms with Crippen molar-refractivity contribution < 1.29 is 14.9 Å². The molecule has 1 aliphatic heterocycles. The second-order valence-electron chi connectivity index (χ2n) is 7.22. The number of H-pyrrole nitrogens is 1. The highest BCUT2D eigenvalue weighted by Crippen LogP contribution is 2.46. The van der Waals surface area contributed by atoms with E-state index in [-0.39, 0.29) is 24.0 Å². The molecule has 0 spiro atoms. The van der Waals surface area contributed by atoms with Crippen LogP contribution < -0.4 is 11.3 Å². The first kappa shape index (κ1) is 19.0. The van der Waals surface area contributed by atoms with Crippen molar-refractivity contribution >= 4 is 25.9 Å². The molecule has 10 heteroatoms. The third-order valence-corrected chi connectivity index (χ3v) is 7.84. The lowest BCUT2D eigenvalue weighted by Crippen LogP contribution is -2.51. The molecule has 4 atom stereocenters. The summed E-state index contributed by atoms with van der Waals surface area (Å²) in [6.07, 6.45) is 2.73. The van der Waals surface area contributed by atoms with Gasteiger partial charge >= 0.3 is 0 Å². The highest BCUT2D eigenvalue weighted by Gasteiger charge is 2.57. The topological polar surface area (TPSA) is 139 Å². The van der Waals surface area contributed by atoms with Crippen LogP contribution in [0.25, 0.3) is 11.2 Å². The Labute approximate surface area is 152 Å². The van der Waals surface area contributed by atoms with Crippen LogP contribution in [0.1, 0.15) is 26.2 Å². The lowest BCUT2D eigenvalue weighted by Gasteiger charge is -2.39. The van der Waals surface area contributed by atoms with Gasteiger partial charge in [-0.2, -0.15) is 4.98 Å². The number of anilines is 1. The fourth-order valence-corrected chi connectivity index (χ4v) is 6.52. The van der Waals surface area contributed by atoms with Crippen molar-refractivity contribution in [3.05, 3.63) is 16.7 Å². The van der Waals surface area contributed by atoms with Gasteiger partial charge in [-0.15, -0.1) is 0 Å². The second kappa shape index (κ2) is 7.10. The fraction of sp³-hybridized carbons (Fsp3) is 0.688. The van der Waals surface area contributed by atoms with Gasteiger partial charge in [-0.3, -0.25) is 14.3 Å². The molecule has 9 nitrogen and oxygen atoms in total. The van der Waals surface area contributed by atoms with Crippen molar-refractivity contribution in [3.63, 3.8) is 0 Å². The molecule has 1 saturated heterocycles. The van der Waals surface area contributed by atoms with Crippen LogP contribution in [0, 0.1) is 5.92 Å². The van der Waals surface area contributed by atoms with Crippen LogP contribution in [-0.4, -0.2) is 57.3 Å². The number of imidazole rings is 1. The van der Waals surface area contributed by atoms with Crippen molar-refractivity contribution in [1.82, 2.24) is 19.5 Å². The maximum atomic E-state index is 12.2. The number of aliphatic hydroxyl groups is 2. The molecule has 144 valence electrons. The Hall–Kier alpha value is -1.75. The van der Waals surface area contributed by atoms with Gasteiger partial charge < -0.3 is 20.7 Å². The number of nitrogens with zero attached hydrogens (tertiary/aromatic N) is 3. The molecule has 2 aromatic heterocycles. The lowest BCUT2D eigenvalue weighted by atomic mass is 9.93. The van der Waals surface area contributed by atoms with Gasteiger partial charge in [0.1, 0.15) is 11.5 Å². The molecule has 26 heavy (non-hydrogen) atoms. The first-order valence-electron chi connectivity index (χ1n) is 9.06. The zero-order chi connectivity index (χ0) is 19.1. The van der Waals surface area contributed by atoms with E-state index in [2.05, 4.69) is 35.0 Å². The molecule has 0 aromatic carbocycles. The first-order chi connectivity index (χ1) is 12.4. The van der Waals surface area contributed by atoms with Gasteiger partial charge in [-0.25, -0.2) is 4.98 Å². The molecular formula is C16H27N5O4Si. The number of fused-ring (bicyclic) bond motifs is 1. The normalized spacial score (nSPS) is 29.1. The number of nitrogen functional groups attached to an aromatic ring is 1. The van der Waals surface area contributed by atoms with E-state index in [1.807, 2.05) is 0 Å². The molecule has 0 unspecified atom stereocenters. The molecule has 0 saturated carbocycles. The molecule has 2 aromatic rings. The summed E-state index contributed by atoms with van der Waals surface area (Å²) in [5, 5.41) is 19.7. The molecule has 1 fully saturated rings. The number of nitrogens with one attached hydrogen (secondary N) is 1. The van der Waals surface area contributed by atoms with Crippen LogP contribution in [0.2, 0.25) is 13.1 Å². The van der Waals surface area contributed by atoms with E-state index in [1.54, 1.807) is 10.9 Å². The first-order valence-corrected chi connectivity index (χ1v) is 12.0. The lowest BCUT2D eigenvalue weighted by molar-refractivity contribution is -0.0767. The minimum absolute atomic E-state index is 0.00665. The Balaban J connectivity index is 2.23. The van der Waals surface area contributed by atoms with Crippen molar-refractivity contribution in [2.45, 2.75) is 56.8 Å². The van der Waals surface area contributed by atoms with Crippen LogP contribution in [0.5, 0.6) is 0 Å². The fourth-order valence-electron chi connectivity index (χ4n) is 4.11.